The molecule has 0 saturated carbocycles. The molecule has 0 amide bonds. The first-order valence-electron chi connectivity index (χ1n) is 2.39. The van der Waals surface area contributed by atoms with Crippen LogP contribution < -0.4 is 0 Å². The lowest BCUT2D eigenvalue weighted by Gasteiger charge is -1.96. The van der Waals surface area contributed by atoms with Crippen LogP contribution in [0.5, 0.6) is 0 Å². The Bertz CT molecular complexity index is 187. The van der Waals surface area contributed by atoms with Crippen molar-refractivity contribution in [3.63, 3.8) is 0 Å². The van der Waals surface area contributed by atoms with Gasteiger partial charge in [-0.3, -0.25) is 9.13 Å². The van der Waals surface area contributed by atoms with Crippen LogP contribution in [0, 0.1) is 0 Å². The van der Waals surface area contributed by atoms with E-state index in [1.165, 1.54) is 0 Å². The zero-order valence-corrected chi connectivity index (χ0v) is 11.3. The zero-order chi connectivity index (χ0) is 10.4. The highest BCUT2D eigenvalue weighted by molar-refractivity contribution is 8.24. The minimum absolute atomic E-state index is 0.282. The highest BCUT2D eigenvalue weighted by Crippen LogP contribution is 2.61. The van der Waals surface area contributed by atoms with Crippen LogP contribution in [0.1, 0.15) is 6.92 Å². The summed E-state index contributed by atoms with van der Waals surface area (Å²) in [5.41, 5.74) is 0. The zero-order valence-electron chi connectivity index (χ0n) is 5.72. The minimum Gasteiger partial charge on any atom is -0.307 e. The molecule has 0 fully saturated rings. The first-order chi connectivity index (χ1) is 5.06. The Hall–Kier alpha value is 1.87. The first-order valence-corrected chi connectivity index (χ1v) is 10.2. The van der Waals surface area contributed by atoms with Crippen LogP contribution in [0.3, 0.4) is 0 Å². The second kappa shape index (κ2) is 7.20. The maximum absolute atomic E-state index is 10.1. The third-order valence-corrected chi connectivity index (χ3v) is 1.42. The second-order valence-electron chi connectivity index (χ2n) is 1.23. The summed E-state index contributed by atoms with van der Waals surface area (Å²) in [4.78, 5) is 0. The second-order valence-corrected chi connectivity index (χ2v) is 12.1. The number of hydrogen-bond acceptors (Lipinski definition) is 3. The molecule has 0 N–H and O–H groups in total. The molecule has 0 saturated heterocycles. The molecule has 0 atom stereocenters. The summed E-state index contributed by atoms with van der Waals surface area (Å²) in [6.07, 6.45) is -3.22. The van der Waals surface area contributed by atoms with Crippen LogP contribution in [0.2, 0.25) is 0 Å². The van der Waals surface area contributed by atoms with Crippen molar-refractivity contribution in [3.05, 3.63) is 0 Å². The fourth-order valence-corrected chi connectivity index (χ4v) is 1.04. The van der Waals surface area contributed by atoms with Crippen molar-refractivity contribution in [1.82, 2.24) is 0 Å². The molecule has 0 bridgehead atoms. The third kappa shape index (κ3) is 40.7. The topological polar surface area (TPSA) is 43.4 Å². The van der Waals surface area contributed by atoms with Crippen LogP contribution in [0.15, 0.2) is 0 Å². The van der Waals surface area contributed by atoms with Gasteiger partial charge in [0, 0.05) is 0 Å². The van der Waals surface area contributed by atoms with E-state index in [9.17, 15) is 9.13 Å². The van der Waals surface area contributed by atoms with Crippen molar-refractivity contribution in [2.75, 3.05) is 6.61 Å². The van der Waals surface area contributed by atoms with Gasteiger partial charge in [0.15, 0.2) is 0 Å². The first kappa shape index (κ1) is 16.3. The summed E-state index contributed by atoms with van der Waals surface area (Å²) in [5, 5.41) is -3.22. The molecule has 0 aliphatic carbocycles. The molecular weight excluding hydrogens is 311 g/mol. The molecule has 0 rings (SSSR count). The molecule has 0 heterocycles. The quantitative estimate of drug-likeness (QED) is 0.639. The summed E-state index contributed by atoms with van der Waals surface area (Å²) in [6.45, 7) is 1.95. The van der Waals surface area contributed by atoms with E-state index in [1.54, 1.807) is 6.92 Å². The summed E-state index contributed by atoms with van der Waals surface area (Å²) in [7, 11) is 0. The van der Waals surface area contributed by atoms with Gasteiger partial charge in [-0.1, -0.05) is 0 Å². The summed E-state index contributed by atoms with van der Waals surface area (Å²) < 4.78 is 24.0. The van der Waals surface area contributed by atoms with Crippen LogP contribution in [-0.4, -0.2) is 6.61 Å². The van der Waals surface area contributed by atoms with E-state index in [0.29, 0.717) is 0 Å². The van der Waals surface area contributed by atoms with Crippen LogP contribution in [0.25, 0.3) is 0 Å². The molecule has 0 unspecified atom stereocenters. The van der Waals surface area contributed by atoms with Crippen LogP contribution >= 0.6 is 67.5 Å². The average molecular weight is 316 g/mol. The SMILES string of the molecule is CCOP(=O)(Cl)Cl.O=P(Cl)(Cl)Cl. The normalized spacial score (nSPS) is 11.8. The van der Waals surface area contributed by atoms with Gasteiger partial charge in [0.05, 0.1) is 6.61 Å². The lowest BCUT2D eigenvalue weighted by molar-refractivity contribution is 0.356. The standard InChI is InChI=1S/C2H5Cl2O2P.Cl3OP/c1-2-6-7(3,4)5;1-5(2,3)4/h2H2,1H3;. The van der Waals surface area contributed by atoms with E-state index in [-0.39, 0.29) is 6.61 Å². The predicted octanol–water partition coefficient (Wildman–Crippen LogP) is 5.42. The Morgan fingerprint density at radius 1 is 1.08 bits per heavy atom. The van der Waals surface area contributed by atoms with Gasteiger partial charge in [-0.05, 0) is 63.1 Å². The third-order valence-electron chi connectivity index (χ3n) is 0.279. The van der Waals surface area contributed by atoms with E-state index in [4.69, 9.17) is 22.5 Å². The van der Waals surface area contributed by atoms with Crippen molar-refractivity contribution in [2.24, 2.45) is 0 Å². The van der Waals surface area contributed by atoms with E-state index < -0.39 is 11.3 Å². The van der Waals surface area contributed by atoms with Crippen molar-refractivity contribution >= 4 is 67.5 Å². The molecule has 0 aliphatic heterocycles. The highest BCUT2D eigenvalue weighted by atomic mass is 36.0. The Kier molecular flexibility index (Phi) is 9.78. The molecular formula is C2H5Cl5O3P2. The van der Waals surface area contributed by atoms with E-state index in [1.807, 2.05) is 0 Å². The van der Waals surface area contributed by atoms with Crippen molar-refractivity contribution in [2.45, 2.75) is 6.92 Å². The molecule has 0 aromatic carbocycles. The van der Waals surface area contributed by atoms with Crippen molar-refractivity contribution < 1.29 is 13.7 Å². The fraction of sp³-hybridized carbons (Fsp3) is 1.00. The molecule has 0 aromatic heterocycles. The van der Waals surface area contributed by atoms with Gasteiger partial charge in [-0.2, -0.15) is 0 Å². The van der Waals surface area contributed by atoms with Gasteiger partial charge < -0.3 is 4.52 Å². The Morgan fingerprint density at radius 3 is 1.33 bits per heavy atom. The molecule has 12 heavy (non-hydrogen) atoms. The Morgan fingerprint density at radius 2 is 1.33 bits per heavy atom. The molecule has 0 aromatic rings. The number of hydrogen-bond donors (Lipinski definition) is 0. The van der Waals surface area contributed by atoms with Crippen molar-refractivity contribution in [1.29, 1.82) is 0 Å². The lowest BCUT2D eigenvalue weighted by Crippen LogP contribution is -1.74. The highest BCUT2D eigenvalue weighted by Gasteiger charge is 2.10. The van der Waals surface area contributed by atoms with E-state index in [0.717, 1.165) is 0 Å². The van der Waals surface area contributed by atoms with E-state index >= 15 is 0 Å². The molecule has 0 aliphatic rings. The maximum Gasteiger partial charge on any atom is 0.380 e. The minimum atomic E-state index is -3.22. The monoisotopic (exact) mass is 314 g/mol. The van der Waals surface area contributed by atoms with Gasteiger partial charge in [0.1, 0.15) is 0 Å². The van der Waals surface area contributed by atoms with Gasteiger partial charge in [0.25, 0.3) is 0 Å². The lowest BCUT2D eigenvalue weighted by atomic mass is 10.9. The fourth-order valence-electron chi connectivity index (χ4n) is 0.150. The van der Waals surface area contributed by atoms with E-state index in [2.05, 4.69) is 38.2 Å². The Balaban J connectivity index is 0. The molecule has 0 spiro atoms. The Labute approximate surface area is 94.4 Å². The maximum atomic E-state index is 10.1. The van der Waals surface area contributed by atoms with Crippen LogP contribution in [0.4, 0.5) is 0 Å². The van der Waals surface area contributed by atoms with Crippen molar-refractivity contribution in [3.8, 4) is 0 Å². The summed E-state index contributed by atoms with van der Waals surface area (Å²) in [5.74, 6) is 0. The molecule has 3 nitrogen and oxygen atoms in total. The number of rotatable bonds is 2. The molecule has 76 valence electrons. The molecule has 0 radical (unpaired) electrons. The summed E-state index contributed by atoms with van der Waals surface area (Å²) >= 11 is 23.7. The largest absolute Gasteiger partial charge is 0.380 e. The average Bonchev–Trinajstić information content (AvgIpc) is 1.54. The van der Waals surface area contributed by atoms with Crippen LogP contribution in [-0.2, 0) is 13.7 Å². The summed E-state index contributed by atoms with van der Waals surface area (Å²) in [6, 6.07) is 0. The predicted molar refractivity (Wildman–Crippen MR) is 56.1 cm³/mol. The van der Waals surface area contributed by atoms with Gasteiger partial charge in [0.2, 0.25) is 0 Å². The molecule has 10 heteroatoms. The number of halogens is 5. The van der Waals surface area contributed by atoms with Gasteiger partial charge in [-0.15, -0.1) is 0 Å². The van der Waals surface area contributed by atoms with Gasteiger partial charge in [-0.25, -0.2) is 0 Å². The van der Waals surface area contributed by atoms with Gasteiger partial charge >= 0.3 is 11.3 Å². The smallest absolute Gasteiger partial charge is 0.307 e.